The fourth-order valence-electron chi connectivity index (χ4n) is 4.95. The van der Waals surface area contributed by atoms with Gasteiger partial charge in [0, 0.05) is 12.6 Å². The largest absolute Gasteiger partial charge is 0.384 e. The van der Waals surface area contributed by atoms with Crippen LogP contribution in [-0.4, -0.2) is 26.5 Å². The molecule has 2 aromatic heterocycles. The van der Waals surface area contributed by atoms with E-state index in [9.17, 15) is 4.79 Å². The van der Waals surface area contributed by atoms with Crippen LogP contribution in [-0.2, 0) is 13.0 Å². The van der Waals surface area contributed by atoms with Crippen molar-refractivity contribution >= 4 is 33.9 Å². The van der Waals surface area contributed by atoms with Gasteiger partial charge in [-0.2, -0.15) is 0 Å². The number of hydrogen-bond donors (Lipinski definition) is 2. The number of nitrogen functional groups attached to an aromatic ring is 1. The summed E-state index contributed by atoms with van der Waals surface area (Å²) in [6.07, 6.45) is 9.81. The Morgan fingerprint density at radius 2 is 1.77 bits per heavy atom. The molecule has 35 heavy (non-hydrogen) atoms. The Hall–Kier alpha value is -3.67. The van der Waals surface area contributed by atoms with Crippen molar-refractivity contribution in [2.45, 2.75) is 64.5 Å². The second-order valence-corrected chi connectivity index (χ2v) is 9.55. The number of nitrogens with two attached hydrogens (primary N) is 1. The van der Waals surface area contributed by atoms with E-state index in [0.717, 1.165) is 43.1 Å². The maximum Gasteiger partial charge on any atom is 0.257 e. The SMILES string of the molecule is CC(CCc1ccccc1)NC(=O)c1c(N)n(CCC2=CCCCC2)c2nc3ccccc3nc12. The molecule has 3 N–H and O–H groups in total. The van der Waals surface area contributed by atoms with Crippen LogP contribution in [0.2, 0.25) is 0 Å². The molecule has 0 aliphatic heterocycles. The molecule has 1 aliphatic rings. The van der Waals surface area contributed by atoms with Gasteiger partial charge >= 0.3 is 0 Å². The molecule has 6 heteroatoms. The number of benzene rings is 2. The summed E-state index contributed by atoms with van der Waals surface area (Å²) in [6, 6.07) is 18.1. The van der Waals surface area contributed by atoms with Crippen LogP contribution in [0.5, 0.6) is 0 Å². The minimum absolute atomic E-state index is 0.00122. The summed E-state index contributed by atoms with van der Waals surface area (Å²) in [5.74, 6) is 0.257. The van der Waals surface area contributed by atoms with Gasteiger partial charge < -0.3 is 15.6 Å². The van der Waals surface area contributed by atoms with Gasteiger partial charge in [0.05, 0.1) is 11.0 Å². The van der Waals surface area contributed by atoms with Crippen molar-refractivity contribution in [3.8, 4) is 0 Å². The number of carbonyl (C=O) groups is 1. The van der Waals surface area contributed by atoms with Crippen LogP contribution in [0.3, 0.4) is 0 Å². The average molecular weight is 468 g/mol. The molecule has 0 saturated carbocycles. The maximum absolute atomic E-state index is 13.5. The summed E-state index contributed by atoms with van der Waals surface area (Å²) in [5.41, 5.74) is 12.6. The Morgan fingerprint density at radius 3 is 2.51 bits per heavy atom. The number of nitrogens with zero attached hydrogens (tertiary/aromatic N) is 3. The van der Waals surface area contributed by atoms with Gasteiger partial charge in [0.15, 0.2) is 5.65 Å². The van der Waals surface area contributed by atoms with E-state index in [1.807, 2.05) is 54.0 Å². The van der Waals surface area contributed by atoms with Gasteiger partial charge in [-0.15, -0.1) is 0 Å². The quantitative estimate of drug-likeness (QED) is 0.320. The molecule has 2 aromatic carbocycles. The van der Waals surface area contributed by atoms with Crippen LogP contribution < -0.4 is 11.1 Å². The number of fused-ring (bicyclic) bond motifs is 2. The smallest absolute Gasteiger partial charge is 0.257 e. The Morgan fingerprint density at radius 1 is 1.03 bits per heavy atom. The number of aromatic nitrogens is 3. The Balaban J connectivity index is 1.43. The Bertz CT molecular complexity index is 1370. The molecule has 0 bridgehead atoms. The predicted octanol–water partition coefficient (Wildman–Crippen LogP) is 5.81. The monoisotopic (exact) mass is 467 g/mol. The minimum atomic E-state index is -0.187. The Kier molecular flexibility index (Phi) is 6.80. The van der Waals surface area contributed by atoms with Crippen LogP contribution in [0.25, 0.3) is 22.2 Å². The summed E-state index contributed by atoms with van der Waals surface area (Å²) >= 11 is 0. The van der Waals surface area contributed by atoms with E-state index in [1.165, 1.54) is 24.0 Å². The van der Waals surface area contributed by atoms with Gasteiger partial charge in [0.1, 0.15) is 16.9 Å². The van der Waals surface area contributed by atoms with Gasteiger partial charge in [0.25, 0.3) is 5.91 Å². The van der Waals surface area contributed by atoms with Gasteiger partial charge in [0.2, 0.25) is 0 Å². The number of anilines is 1. The van der Waals surface area contributed by atoms with Crippen molar-refractivity contribution in [3.05, 3.63) is 77.4 Å². The van der Waals surface area contributed by atoms with E-state index in [1.54, 1.807) is 0 Å². The third kappa shape index (κ3) is 5.06. The zero-order valence-corrected chi connectivity index (χ0v) is 20.3. The van der Waals surface area contributed by atoms with Crippen molar-refractivity contribution < 1.29 is 4.79 Å². The lowest BCUT2D eigenvalue weighted by Gasteiger charge is -2.15. The second kappa shape index (κ2) is 10.3. The van der Waals surface area contributed by atoms with Gasteiger partial charge in [-0.05, 0) is 69.6 Å². The number of para-hydroxylation sites is 2. The predicted molar refractivity (Wildman–Crippen MR) is 142 cm³/mol. The van der Waals surface area contributed by atoms with E-state index in [2.05, 4.69) is 23.5 Å². The molecule has 1 aliphatic carbocycles. The number of allylic oxidation sites excluding steroid dienone is 2. The van der Waals surface area contributed by atoms with Crippen molar-refractivity contribution in [2.75, 3.05) is 5.73 Å². The number of carbonyl (C=O) groups excluding carboxylic acids is 1. The maximum atomic E-state index is 13.5. The van der Waals surface area contributed by atoms with E-state index in [4.69, 9.17) is 15.7 Å². The number of rotatable bonds is 8. The highest BCUT2D eigenvalue weighted by atomic mass is 16.1. The zero-order valence-electron chi connectivity index (χ0n) is 20.3. The van der Waals surface area contributed by atoms with Crippen molar-refractivity contribution in [1.29, 1.82) is 0 Å². The number of aryl methyl sites for hydroxylation is 2. The second-order valence-electron chi connectivity index (χ2n) is 9.55. The summed E-state index contributed by atoms with van der Waals surface area (Å²) < 4.78 is 1.98. The van der Waals surface area contributed by atoms with Crippen LogP contribution in [0, 0.1) is 0 Å². The van der Waals surface area contributed by atoms with Crippen LogP contribution in [0.4, 0.5) is 5.82 Å². The Labute approximate surface area is 206 Å². The average Bonchev–Trinajstić information content (AvgIpc) is 3.16. The topological polar surface area (TPSA) is 85.8 Å². The van der Waals surface area contributed by atoms with Crippen molar-refractivity contribution in [3.63, 3.8) is 0 Å². The first-order valence-corrected chi connectivity index (χ1v) is 12.7. The number of nitrogens with one attached hydrogen (secondary N) is 1. The molecule has 1 amide bonds. The van der Waals surface area contributed by atoms with Crippen molar-refractivity contribution in [2.24, 2.45) is 0 Å². The molecule has 0 radical (unpaired) electrons. The third-order valence-electron chi connectivity index (χ3n) is 6.95. The molecular weight excluding hydrogens is 434 g/mol. The van der Waals surface area contributed by atoms with Gasteiger partial charge in [-0.1, -0.05) is 54.1 Å². The first-order chi connectivity index (χ1) is 17.1. The van der Waals surface area contributed by atoms with Crippen LogP contribution in [0.15, 0.2) is 66.2 Å². The molecule has 180 valence electrons. The molecule has 5 rings (SSSR count). The summed E-state index contributed by atoms with van der Waals surface area (Å²) in [5, 5.41) is 3.15. The highest BCUT2D eigenvalue weighted by molar-refractivity contribution is 6.10. The summed E-state index contributed by atoms with van der Waals surface area (Å²) in [6.45, 7) is 2.73. The lowest BCUT2D eigenvalue weighted by Crippen LogP contribution is -2.33. The first kappa shape index (κ1) is 23.1. The molecule has 0 spiro atoms. The fourth-order valence-corrected chi connectivity index (χ4v) is 4.95. The highest BCUT2D eigenvalue weighted by Gasteiger charge is 2.25. The summed E-state index contributed by atoms with van der Waals surface area (Å²) in [4.78, 5) is 23.2. The van der Waals surface area contributed by atoms with Gasteiger partial charge in [-0.25, -0.2) is 9.97 Å². The molecule has 1 atom stereocenters. The van der Waals surface area contributed by atoms with E-state index in [0.29, 0.717) is 29.1 Å². The first-order valence-electron chi connectivity index (χ1n) is 12.7. The normalized spacial score (nSPS) is 14.7. The zero-order chi connectivity index (χ0) is 24.2. The van der Waals surface area contributed by atoms with Crippen LogP contribution in [0.1, 0.15) is 61.4 Å². The van der Waals surface area contributed by atoms with E-state index >= 15 is 0 Å². The third-order valence-corrected chi connectivity index (χ3v) is 6.95. The molecule has 6 nitrogen and oxygen atoms in total. The fraction of sp³-hybridized carbons (Fsp3) is 0.345. The molecular formula is C29H33N5O. The van der Waals surface area contributed by atoms with Gasteiger partial charge in [-0.3, -0.25) is 4.79 Å². The molecule has 1 unspecified atom stereocenters. The molecule has 4 aromatic rings. The lowest BCUT2D eigenvalue weighted by atomic mass is 9.97. The molecule has 0 saturated heterocycles. The van der Waals surface area contributed by atoms with Crippen molar-refractivity contribution in [1.82, 2.24) is 19.9 Å². The molecule has 2 heterocycles. The van der Waals surface area contributed by atoms with E-state index < -0.39 is 0 Å². The number of hydrogen-bond acceptors (Lipinski definition) is 4. The molecule has 0 fully saturated rings. The minimum Gasteiger partial charge on any atom is -0.384 e. The standard InChI is InChI=1S/C29H33N5O/c1-20(16-17-21-10-4-2-5-11-21)31-29(35)25-26-28(33-24-15-9-8-14-23(24)32-26)34(27(25)30)19-18-22-12-6-3-7-13-22/h2,4-5,8-12,14-15,20H,3,6-7,13,16-19,30H2,1H3,(H,31,35). The highest BCUT2D eigenvalue weighted by Crippen LogP contribution is 2.30. The van der Waals surface area contributed by atoms with Crippen LogP contribution >= 0.6 is 0 Å². The summed E-state index contributed by atoms with van der Waals surface area (Å²) in [7, 11) is 0. The lowest BCUT2D eigenvalue weighted by molar-refractivity contribution is 0.0940. The number of amides is 1. The van der Waals surface area contributed by atoms with E-state index in [-0.39, 0.29) is 11.9 Å².